The number of nitrogens with two attached hydrogens (primary N) is 1. The third kappa shape index (κ3) is 3.92. The van der Waals surface area contributed by atoms with Crippen molar-refractivity contribution in [1.29, 1.82) is 0 Å². The molecule has 25 heavy (non-hydrogen) atoms. The Balaban J connectivity index is 1.74. The first-order valence-corrected chi connectivity index (χ1v) is 7.52. The van der Waals surface area contributed by atoms with Crippen molar-refractivity contribution in [1.82, 2.24) is 4.98 Å². The molecule has 0 aliphatic rings. The molecule has 0 spiro atoms. The topological polar surface area (TPSA) is 74.4 Å². The summed E-state index contributed by atoms with van der Waals surface area (Å²) in [6.07, 6.45) is 3.08. The van der Waals surface area contributed by atoms with Crippen LogP contribution in [0.2, 0.25) is 0 Å². The molecular weight excluding hydrogens is 323 g/mol. The Kier molecular flexibility index (Phi) is 4.89. The Labute approximate surface area is 143 Å². The minimum atomic E-state index is -0.871. The monoisotopic (exact) mass is 338 g/mol. The van der Waals surface area contributed by atoms with Gasteiger partial charge in [-0.3, -0.25) is 4.98 Å². The van der Waals surface area contributed by atoms with Crippen LogP contribution in [0, 0.1) is 5.82 Å². The quantitative estimate of drug-likeness (QED) is 0.563. The Morgan fingerprint density at radius 3 is 2.48 bits per heavy atom. The van der Waals surface area contributed by atoms with Gasteiger partial charge in [0.1, 0.15) is 18.0 Å². The van der Waals surface area contributed by atoms with E-state index in [1.54, 1.807) is 12.1 Å². The van der Waals surface area contributed by atoms with Crippen LogP contribution in [-0.4, -0.2) is 11.0 Å². The van der Waals surface area contributed by atoms with Gasteiger partial charge in [-0.05, 0) is 29.8 Å². The summed E-state index contributed by atoms with van der Waals surface area (Å²) < 4.78 is 25.0. The molecule has 0 saturated carbocycles. The van der Waals surface area contributed by atoms with Crippen LogP contribution in [0.5, 0.6) is 11.5 Å². The second-order valence-corrected chi connectivity index (χ2v) is 5.19. The Morgan fingerprint density at radius 1 is 1.04 bits per heavy atom. The normalized spacial score (nSPS) is 10.3. The van der Waals surface area contributed by atoms with Crippen LogP contribution in [0.4, 0.5) is 10.1 Å². The maximum atomic E-state index is 14.4. The molecule has 0 fully saturated rings. The van der Waals surface area contributed by atoms with Gasteiger partial charge in [-0.2, -0.15) is 0 Å². The summed E-state index contributed by atoms with van der Waals surface area (Å²) >= 11 is 0. The summed E-state index contributed by atoms with van der Waals surface area (Å²) in [6, 6.07) is 15.1. The summed E-state index contributed by atoms with van der Waals surface area (Å²) in [5.74, 6) is -1.09. The van der Waals surface area contributed by atoms with Gasteiger partial charge in [0.05, 0.1) is 5.56 Å². The lowest BCUT2D eigenvalue weighted by Gasteiger charge is -2.11. The van der Waals surface area contributed by atoms with Gasteiger partial charge in [-0.1, -0.05) is 30.3 Å². The van der Waals surface area contributed by atoms with Gasteiger partial charge in [-0.15, -0.1) is 0 Å². The Bertz CT molecular complexity index is 871. The number of aromatic nitrogens is 1. The number of carbonyl (C=O) groups is 1. The first-order valence-electron chi connectivity index (χ1n) is 7.52. The zero-order valence-corrected chi connectivity index (χ0v) is 13.2. The highest BCUT2D eigenvalue weighted by Crippen LogP contribution is 2.31. The number of esters is 1. The predicted molar refractivity (Wildman–Crippen MR) is 90.7 cm³/mol. The van der Waals surface area contributed by atoms with Crippen LogP contribution in [0.25, 0.3) is 0 Å². The standard InChI is InChI=1S/C19H15FN2O3/c20-17-15(19(23)24-12-13-4-2-1-3-5-13)6-7-16(18(17)21)25-14-8-10-22-11-9-14/h1-11H,12,21H2. The van der Waals surface area contributed by atoms with E-state index < -0.39 is 11.8 Å². The Morgan fingerprint density at radius 2 is 1.76 bits per heavy atom. The number of carbonyl (C=O) groups excluding carboxylic acids is 1. The molecule has 6 heteroatoms. The molecule has 1 heterocycles. The molecule has 0 bridgehead atoms. The second kappa shape index (κ2) is 7.44. The molecule has 2 aromatic carbocycles. The van der Waals surface area contributed by atoms with Gasteiger partial charge in [0.25, 0.3) is 0 Å². The molecular formula is C19H15FN2O3. The summed E-state index contributed by atoms with van der Waals surface area (Å²) in [6.45, 7) is 0.0499. The van der Waals surface area contributed by atoms with Crippen LogP contribution in [-0.2, 0) is 11.3 Å². The highest BCUT2D eigenvalue weighted by molar-refractivity contribution is 5.91. The molecule has 3 aromatic rings. The fourth-order valence-corrected chi connectivity index (χ4v) is 2.16. The smallest absolute Gasteiger partial charge is 0.341 e. The van der Waals surface area contributed by atoms with E-state index in [9.17, 15) is 9.18 Å². The van der Waals surface area contributed by atoms with E-state index in [1.807, 2.05) is 30.3 Å². The van der Waals surface area contributed by atoms with E-state index in [4.69, 9.17) is 15.2 Å². The van der Waals surface area contributed by atoms with Gasteiger partial charge in [0.15, 0.2) is 11.6 Å². The molecule has 5 nitrogen and oxygen atoms in total. The molecule has 3 rings (SSSR count). The van der Waals surface area contributed by atoms with E-state index in [0.717, 1.165) is 5.56 Å². The zero-order valence-electron chi connectivity index (χ0n) is 13.2. The molecule has 126 valence electrons. The second-order valence-electron chi connectivity index (χ2n) is 5.19. The number of hydrogen-bond acceptors (Lipinski definition) is 5. The molecule has 0 radical (unpaired) electrons. The van der Waals surface area contributed by atoms with E-state index >= 15 is 0 Å². The number of nitrogens with zero attached hydrogens (tertiary/aromatic N) is 1. The first-order chi connectivity index (χ1) is 12.1. The molecule has 1 aromatic heterocycles. The van der Waals surface area contributed by atoms with Crippen molar-refractivity contribution in [3.8, 4) is 11.5 Å². The first kappa shape index (κ1) is 16.4. The van der Waals surface area contributed by atoms with Crippen molar-refractivity contribution in [2.75, 3.05) is 5.73 Å². The van der Waals surface area contributed by atoms with Gasteiger partial charge >= 0.3 is 5.97 Å². The van der Waals surface area contributed by atoms with Crippen LogP contribution in [0.15, 0.2) is 67.0 Å². The lowest BCUT2D eigenvalue weighted by molar-refractivity contribution is 0.0467. The van der Waals surface area contributed by atoms with Crippen molar-refractivity contribution in [2.45, 2.75) is 6.61 Å². The maximum absolute atomic E-state index is 14.4. The van der Waals surface area contributed by atoms with Gasteiger partial charge in [-0.25, -0.2) is 9.18 Å². The van der Waals surface area contributed by atoms with Crippen LogP contribution >= 0.6 is 0 Å². The predicted octanol–water partition coefficient (Wildman–Crippen LogP) is 3.95. The Hall–Kier alpha value is -3.41. The number of benzene rings is 2. The number of hydrogen-bond donors (Lipinski definition) is 1. The molecule has 2 N–H and O–H groups in total. The lowest BCUT2D eigenvalue weighted by atomic mass is 10.1. The summed E-state index contributed by atoms with van der Waals surface area (Å²) in [7, 11) is 0. The highest BCUT2D eigenvalue weighted by Gasteiger charge is 2.19. The largest absolute Gasteiger partial charge is 0.457 e. The van der Waals surface area contributed by atoms with Crippen molar-refractivity contribution >= 4 is 11.7 Å². The molecule has 0 unspecified atom stereocenters. The number of nitrogen functional groups attached to an aromatic ring is 1. The van der Waals surface area contributed by atoms with Crippen LogP contribution in [0.3, 0.4) is 0 Å². The van der Waals surface area contributed by atoms with Crippen molar-refractivity contribution in [2.24, 2.45) is 0 Å². The van der Waals surface area contributed by atoms with Gasteiger partial charge in [0.2, 0.25) is 0 Å². The summed E-state index contributed by atoms with van der Waals surface area (Å²) in [4.78, 5) is 16.0. The SMILES string of the molecule is Nc1c(Oc2ccncc2)ccc(C(=O)OCc2ccccc2)c1F. The molecule has 0 atom stereocenters. The molecule has 0 aliphatic heterocycles. The third-order valence-electron chi connectivity index (χ3n) is 3.45. The van der Waals surface area contributed by atoms with Gasteiger partial charge < -0.3 is 15.2 Å². The number of pyridine rings is 1. The number of anilines is 1. The number of halogens is 1. The zero-order chi connectivity index (χ0) is 17.6. The average Bonchev–Trinajstić information content (AvgIpc) is 2.65. The van der Waals surface area contributed by atoms with E-state index in [2.05, 4.69) is 4.98 Å². The van der Waals surface area contributed by atoms with Crippen molar-refractivity contribution in [3.05, 3.63) is 83.9 Å². The van der Waals surface area contributed by atoms with E-state index in [-0.39, 0.29) is 23.6 Å². The average molecular weight is 338 g/mol. The third-order valence-corrected chi connectivity index (χ3v) is 3.45. The van der Waals surface area contributed by atoms with E-state index in [0.29, 0.717) is 5.75 Å². The molecule has 0 aliphatic carbocycles. The minimum Gasteiger partial charge on any atom is -0.457 e. The minimum absolute atomic E-state index is 0.0499. The lowest BCUT2D eigenvalue weighted by Crippen LogP contribution is -2.10. The van der Waals surface area contributed by atoms with E-state index in [1.165, 1.54) is 24.5 Å². The highest BCUT2D eigenvalue weighted by atomic mass is 19.1. The van der Waals surface area contributed by atoms with Crippen molar-refractivity contribution < 1.29 is 18.7 Å². The number of ether oxygens (including phenoxy) is 2. The summed E-state index contributed by atoms with van der Waals surface area (Å²) in [5.41, 5.74) is 6.06. The molecule has 0 saturated heterocycles. The van der Waals surface area contributed by atoms with Crippen LogP contribution in [0.1, 0.15) is 15.9 Å². The fourth-order valence-electron chi connectivity index (χ4n) is 2.16. The molecule has 0 amide bonds. The fraction of sp³-hybridized carbons (Fsp3) is 0.0526. The summed E-state index contributed by atoms with van der Waals surface area (Å²) in [5, 5.41) is 0. The number of rotatable bonds is 5. The van der Waals surface area contributed by atoms with Crippen LogP contribution < -0.4 is 10.5 Å². The van der Waals surface area contributed by atoms with Gasteiger partial charge in [0, 0.05) is 12.4 Å². The van der Waals surface area contributed by atoms with Crippen molar-refractivity contribution in [3.63, 3.8) is 0 Å². The maximum Gasteiger partial charge on any atom is 0.341 e.